The van der Waals surface area contributed by atoms with Gasteiger partial charge in [0.25, 0.3) is 0 Å². The Kier molecular flexibility index (Phi) is 5.75. The first kappa shape index (κ1) is 23.4. The van der Waals surface area contributed by atoms with Gasteiger partial charge in [-0.3, -0.25) is 4.90 Å². The topological polar surface area (TPSA) is 71.4 Å². The lowest BCUT2D eigenvalue weighted by molar-refractivity contribution is -0.280. The third kappa shape index (κ3) is 3.43. The van der Waals surface area contributed by atoms with Crippen molar-refractivity contribution in [3.8, 4) is 0 Å². The van der Waals surface area contributed by atoms with Crippen molar-refractivity contribution in [2.45, 2.75) is 95.4 Å². The largest absolute Gasteiger partial charge is 0.504 e. The van der Waals surface area contributed by atoms with Crippen molar-refractivity contribution >= 4 is 0 Å². The summed E-state index contributed by atoms with van der Waals surface area (Å²) in [5.74, 6) is 1.17. The Hall–Kier alpha value is -1.34. The second kappa shape index (κ2) is 8.11. The maximum Gasteiger partial charge on any atom is 0.153 e. The first-order valence-corrected chi connectivity index (χ1v) is 12.8. The molecule has 6 nitrogen and oxygen atoms in total. The first-order valence-electron chi connectivity index (χ1n) is 12.8. The molecule has 33 heavy (non-hydrogen) atoms. The molecule has 2 saturated carbocycles. The van der Waals surface area contributed by atoms with E-state index in [1.807, 2.05) is 19.9 Å². The molecule has 0 radical (unpaired) electrons. The van der Waals surface area contributed by atoms with Gasteiger partial charge in [-0.25, -0.2) is 0 Å². The number of hydrogen-bond donors (Lipinski definition) is 2. The van der Waals surface area contributed by atoms with Crippen LogP contribution in [0, 0.1) is 17.3 Å². The number of ether oxygens (including phenoxy) is 3. The Morgan fingerprint density at radius 3 is 2.88 bits per heavy atom. The fourth-order valence-corrected chi connectivity index (χ4v) is 7.71. The lowest BCUT2D eigenvalue weighted by Gasteiger charge is -2.67. The summed E-state index contributed by atoms with van der Waals surface area (Å²) in [5.41, 5.74) is -1.67. The van der Waals surface area contributed by atoms with Gasteiger partial charge in [-0.05, 0) is 78.3 Å². The van der Waals surface area contributed by atoms with Gasteiger partial charge in [0.1, 0.15) is 11.9 Å². The maximum atomic E-state index is 12.4. The van der Waals surface area contributed by atoms with Crippen LogP contribution in [0.15, 0.2) is 36.3 Å². The van der Waals surface area contributed by atoms with E-state index in [2.05, 4.69) is 31.4 Å². The van der Waals surface area contributed by atoms with Crippen LogP contribution in [0.25, 0.3) is 0 Å². The van der Waals surface area contributed by atoms with Crippen molar-refractivity contribution in [3.63, 3.8) is 0 Å². The van der Waals surface area contributed by atoms with Crippen molar-refractivity contribution in [1.82, 2.24) is 4.90 Å². The first-order chi connectivity index (χ1) is 15.6. The number of aliphatic hydroxyl groups is 2. The van der Waals surface area contributed by atoms with E-state index in [-0.39, 0.29) is 47.5 Å². The fraction of sp³-hybridized carbons (Fsp3) is 0.778. The zero-order chi connectivity index (χ0) is 23.6. The van der Waals surface area contributed by atoms with Crippen molar-refractivity contribution in [1.29, 1.82) is 0 Å². The summed E-state index contributed by atoms with van der Waals surface area (Å²) >= 11 is 0. The Morgan fingerprint density at radius 1 is 1.36 bits per heavy atom. The number of nitrogens with zero attached hydrogens (tertiary/aromatic N) is 1. The Balaban J connectivity index is 1.48. The van der Waals surface area contributed by atoms with E-state index in [4.69, 9.17) is 14.2 Å². The van der Waals surface area contributed by atoms with Gasteiger partial charge in [-0.1, -0.05) is 12.2 Å². The highest BCUT2D eigenvalue weighted by Crippen LogP contribution is 2.70. The molecule has 184 valence electrons. The molecule has 7 atom stereocenters. The van der Waals surface area contributed by atoms with Crippen LogP contribution in [0.5, 0.6) is 0 Å². The molecule has 2 aliphatic heterocycles. The predicted octanol–water partition coefficient (Wildman–Crippen LogP) is 4.11. The lowest BCUT2D eigenvalue weighted by atomic mass is 9.44. The number of aliphatic hydroxyl groups excluding tert-OH is 1. The fourth-order valence-electron chi connectivity index (χ4n) is 7.71. The van der Waals surface area contributed by atoms with Crippen LogP contribution in [0.1, 0.15) is 59.8 Å². The van der Waals surface area contributed by atoms with Gasteiger partial charge < -0.3 is 24.4 Å². The molecule has 2 N–H and O–H groups in total. The van der Waals surface area contributed by atoms with Gasteiger partial charge in [0.05, 0.1) is 28.8 Å². The second-order valence-corrected chi connectivity index (χ2v) is 11.7. The number of likely N-dealkylation sites (tertiary alicyclic amines) is 1. The van der Waals surface area contributed by atoms with Gasteiger partial charge in [-0.15, -0.1) is 6.58 Å². The SMILES string of the molecule is C=CCN1CC[C@@]23C4C5=C(O)C=CC4C[C@@H]1[C@]2(O)CC[C@H](OC(C)(C)CCOC(C)C)[C@@H]3O5. The monoisotopic (exact) mass is 459 g/mol. The summed E-state index contributed by atoms with van der Waals surface area (Å²) in [6, 6.07) is 0.0641. The normalized spacial score (nSPS) is 41.8. The smallest absolute Gasteiger partial charge is 0.153 e. The van der Waals surface area contributed by atoms with Crippen molar-refractivity contribution in [2.75, 3.05) is 19.7 Å². The molecule has 5 aliphatic rings. The summed E-state index contributed by atoms with van der Waals surface area (Å²) < 4.78 is 19.2. The van der Waals surface area contributed by atoms with Crippen LogP contribution in [-0.2, 0) is 14.2 Å². The average Bonchev–Trinajstić information content (AvgIpc) is 3.09. The van der Waals surface area contributed by atoms with Crippen LogP contribution in [-0.4, -0.2) is 70.4 Å². The van der Waals surface area contributed by atoms with Gasteiger partial charge in [0, 0.05) is 25.1 Å². The molecule has 0 aromatic heterocycles. The summed E-state index contributed by atoms with van der Waals surface area (Å²) in [4.78, 5) is 2.41. The number of hydrogen-bond acceptors (Lipinski definition) is 6. The Bertz CT molecular complexity index is 849. The summed E-state index contributed by atoms with van der Waals surface area (Å²) in [7, 11) is 0. The third-order valence-corrected chi connectivity index (χ3v) is 9.02. The van der Waals surface area contributed by atoms with E-state index >= 15 is 0 Å². The van der Waals surface area contributed by atoms with Crippen LogP contribution < -0.4 is 0 Å². The minimum atomic E-state index is -0.863. The molecule has 3 aliphatic carbocycles. The van der Waals surface area contributed by atoms with Gasteiger partial charge in [0.15, 0.2) is 5.76 Å². The highest BCUT2D eigenvalue weighted by Gasteiger charge is 2.77. The van der Waals surface area contributed by atoms with Crippen LogP contribution in [0.4, 0.5) is 0 Å². The quantitative estimate of drug-likeness (QED) is 0.532. The zero-order valence-corrected chi connectivity index (χ0v) is 20.6. The number of allylic oxidation sites excluding steroid dienone is 3. The van der Waals surface area contributed by atoms with Crippen LogP contribution >= 0.6 is 0 Å². The summed E-state index contributed by atoms with van der Waals surface area (Å²) in [6.07, 6.45) is 9.63. The lowest BCUT2D eigenvalue weighted by Crippen LogP contribution is -2.77. The number of piperidine rings is 1. The zero-order valence-electron chi connectivity index (χ0n) is 20.6. The van der Waals surface area contributed by atoms with Crippen molar-refractivity contribution in [2.24, 2.45) is 17.3 Å². The molecule has 6 heteroatoms. The van der Waals surface area contributed by atoms with E-state index in [0.717, 1.165) is 38.8 Å². The average molecular weight is 460 g/mol. The minimum absolute atomic E-state index is 0.0124. The number of rotatable bonds is 8. The standard InChI is InChI=1S/C27H41NO5/c1-6-13-28-14-11-26-22-18-7-8-19(29)23(22)32-24(26)20(9-10-27(26,30)21(28)16-18)33-25(4,5)12-15-31-17(2)3/h6-8,17-18,20-22,24,29-30H,1,9-16H2,2-5H3/t18?,20-,21+,22?,24-,26-,27+/m0/s1. The molecule has 0 aromatic carbocycles. The molecule has 2 saturated heterocycles. The summed E-state index contributed by atoms with van der Waals surface area (Å²) in [6.45, 7) is 14.6. The molecule has 4 fully saturated rings. The van der Waals surface area contributed by atoms with Gasteiger partial charge in [-0.2, -0.15) is 0 Å². The van der Waals surface area contributed by atoms with Gasteiger partial charge >= 0.3 is 0 Å². The molecule has 0 aromatic rings. The highest BCUT2D eigenvalue weighted by atomic mass is 16.6. The maximum absolute atomic E-state index is 12.4. The molecule has 2 heterocycles. The van der Waals surface area contributed by atoms with E-state index in [1.54, 1.807) is 6.08 Å². The van der Waals surface area contributed by atoms with E-state index in [0.29, 0.717) is 18.8 Å². The van der Waals surface area contributed by atoms with E-state index < -0.39 is 11.0 Å². The molecule has 2 unspecified atom stereocenters. The van der Waals surface area contributed by atoms with Crippen LogP contribution in [0.2, 0.25) is 0 Å². The van der Waals surface area contributed by atoms with E-state index in [9.17, 15) is 10.2 Å². The second-order valence-electron chi connectivity index (χ2n) is 11.7. The third-order valence-electron chi connectivity index (χ3n) is 9.02. The molecular weight excluding hydrogens is 418 g/mol. The molecular formula is C27H41NO5. The predicted molar refractivity (Wildman–Crippen MR) is 127 cm³/mol. The van der Waals surface area contributed by atoms with E-state index in [1.165, 1.54) is 0 Å². The Morgan fingerprint density at radius 2 is 2.15 bits per heavy atom. The van der Waals surface area contributed by atoms with Crippen molar-refractivity contribution in [3.05, 3.63) is 36.3 Å². The highest BCUT2D eigenvalue weighted by molar-refractivity contribution is 5.38. The summed E-state index contributed by atoms with van der Waals surface area (Å²) in [5, 5.41) is 23.2. The molecule has 2 bridgehead atoms. The minimum Gasteiger partial charge on any atom is -0.504 e. The molecule has 5 rings (SSSR count). The van der Waals surface area contributed by atoms with Gasteiger partial charge in [0.2, 0.25) is 0 Å². The Labute approximate surface area is 198 Å². The van der Waals surface area contributed by atoms with Crippen LogP contribution in [0.3, 0.4) is 0 Å². The van der Waals surface area contributed by atoms with Crippen molar-refractivity contribution < 1.29 is 24.4 Å². The molecule has 0 amide bonds. The molecule has 1 spiro atoms.